The number of aromatic amines is 1. The fourth-order valence-electron chi connectivity index (χ4n) is 1.11. The zero-order chi connectivity index (χ0) is 11.6. The minimum absolute atomic E-state index is 0.136. The number of hydrogen-bond acceptors (Lipinski definition) is 3. The molecule has 0 aromatic carbocycles. The van der Waals surface area contributed by atoms with Crippen molar-refractivity contribution in [2.24, 2.45) is 5.73 Å². The van der Waals surface area contributed by atoms with Crippen LogP contribution in [0.4, 0.5) is 13.2 Å². The molecule has 0 amide bonds. The molecule has 0 aliphatic rings. The quantitative estimate of drug-likeness (QED) is 0.771. The molecule has 1 unspecified atom stereocenters. The van der Waals surface area contributed by atoms with E-state index in [2.05, 4.69) is 9.97 Å². The predicted molar refractivity (Wildman–Crippen MR) is 47.2 cm³/mol. The van der Waals surface area contributed by atoms with Crippen LogP contribution in [0, 0.1) is 0 Å². The van der Waals surface area contributed by atoms with Crippen LogP contribution in [0.1, 0.15) is 18.3 Å². The Bertz CT molecular complexity index is 397. The molecule has 0 saturated carbocycles. The third kappa shape index (κ3) is 3.35. The Kier molecular flexibility index (Phi) is 3.13. The molecule has 7 heteroatoms. The van der Waals surface area contributed by atoms with Crippen LogP contribution in [-0.2, 0) is 12.6 Å². The molecule has 0 spiro atoms. The number of halogens is 3. The van der Waals surface area contributed by atoms with E-state index in [1.54, 1.807) is 6.92 Å². The number of nitrogens with two attached hydrogens (primary N) is 1. The van der Waals surface area contributed by atoms with Crippen molar-refractivity contribution in [3.63, 3.8) is 0 Å². The molecular weight excluding hydrogens is 211 g/mol. The highest BCUT2D eigenvalue weighted by Crippen LogP contribution is 2.26. The molecule has 1 aromatic rings. The lowest BCUT2D eigenvalue weighted by Gasteiger charge is -2.08. The number of aromatic nitrogens is 2. The maximum atomic E-state index is 12.2. The molecule has 1 aromatic heterocycles. The Hall–Kier alpha value is -1.37. The van der Waals surface area contributed by atoms with Gasteiger partial charge in [0.25, 0.3) is 0 Å². The molecule has 0 aliphatic carbocycles. The van der Waals surface area contributed by atoms with Gasteiger partial charge in [0, 0.05) is 18.2 Å². The zero-order valence-electron chi connectivity index (χ0n) is 7.93. The molecule has 0 radical (unpaired) electrons. The summed E-state index contributed by atoms with van der Waals surface area (Å²) in [7, 11) is 0. The largest absolute Gasteiger partial charge is 0.433 e. The van der Waals surface area contributed by atoms with Gasteiger partial charge in [0.05, 0.1) is 0 Å². The molecule has 84 valence electrons. The fourth-order valence-corrected chi connectivity index (χ4v) is 1.11. The average molecular weight is 221 g/mol. The maximum absolute atomic E-state index is 12.2. The van der Waals surface area contributed by atoms with Crippen LogP contribution >= 0.6 is 0 Å². The van der Waals surface area contributed by atoms with E-state index in [1.807, 2.05) is 0 Å². The summed E-state index contributed by atoms with van der Waals surface area (Å²) in [5.41, 5.74) is 3.34. The monoisotopic (exact) mass is 221 g/mol. The number of hydrogen-bond donors (Lipinski definition) is 2. The normalized spacial score (nSPS) is 13.9. The minimum atomic E-state index is -4.61. The summed E-state index contributed by atoms with van der Waals surface area (Å²) < 4.78 is 36.7. The predicted octanol–water partition coefficient (Wildman–Crippen LogP) is 0.678. The summed E-state index contributed by atoms with van der Waals surface area (Å²) in [6.07, 6.45) is -4.44. The molecule has 15 heavy (non-hydrogen) atoms. The molecule has 3 N–H and O–H groups in total. The van der Waals surface area contributed by atoms with Crippen LogP contribution in [0.15, 0.2) is 10.9 Å². The van der Waals surface area contributed by atoms with E-state index in [4.69, 9.17) is 5.73 Å². The van der Waals surface area contributed by atoms with Crippen molar-refractivity contribution in [1.29, 1.82) is 0 Å². The van der Waals surface area contributed by atoms with E-state index in [0.717, 1.165) is 6.07 Å². The van der Waals surface area contributed by atoms with Crippen LogP contribution in [0.25, 0.3) is 0 Å². The first-order chi connectivity index (χ1) is 6.79. The van der Waals surface area contributed by atoms with Crippen molar-refractivity contribution in [2.75, 3.05) is 0 Å². The van der Waals surface area contributed by atoms with Crippen molar-refractivity contribution in [1.82, 2.24) is 9.97 Å². The van der Waals surface area contributed by atoms with Crippen LogP contribution in [0.3, 0.4) is 0 Å². The number of alkyl halides is 3. The standard InChI is InChI=1S/C8H10F3N3O/c1-4(12)2-5-3-6(8(9,10)11)14-7(15)13-5/h3-4H,2,12H2,1H3,(H,13,14,15). The molecule has 4 nitrogen and oxygen atoms in total. The van der Waals surface area contributed by atoms with Crippen molar-refractivity contribution in [3.8, 4) is 0 Å². The van der Waals surface area contributed by atoms with Gasteiger partial charge in [-0.2, -0.15) is 18.2 Å². The van der Waals surface area contributed by atoms with Crippen molar-refractivity contribution >= 4 is 0 Å². The zero-order valence-corrected chi connectivity index (χ0v) is 7.93. The average Bonchev–Trinajstić information content (AvgIpc) is 1.99. The van der Waals surface area contributed by atoms with Gasteiger partial charge in [0.2, 0.25) is 0 Å². The van der Waals surface area contributed by atoms with Gasteiger partial charge in [-0.15, -0.1) is 0 Å². The molecular formula is C8H10F3N3O. The van der Waals surface area contributed by atoms with Gasteiger partial charge in [-0.3, -0.25) is 0 Å². The van der Waals surface area contributed by atoms with Crippen LogP contribution in [0.2, 0.25) is 0 Å². The summed E-state index contributed by atoms with van der Waals surface area (Å²) in [4.78, 5) is 15.9. The first-order valence-electron chi connectivity index (χ1n) is 4.22. The van der Waals surface area contributed by atoms with Gasteiger partial charge in [-0.25, -0.2) is 4.79 Å². The van der Waals surface area contributed by atoms with Crippen LogP contribution in [0.5, 0.6) is 0 Å². The van der Waals surface area contributed by atoms with Gasteiger partial charge in [-0.05, 0) is 13.0 Å². The Morgan fingerprint density at radius 1 is 1.60 bits per heavy atom. The second-order valence-electron chi connectivity index (χ2n) is 3.28. The lowest BCUT2D eigenvalue weighted by molar-refractivity contribution is -0.141. The first-order valence-corrected chi connectivity index (χ1v) is 4.22. The summed E-state index contributed by atoms with van der Waals surface area (Å²) >= 11 is 0. The highest BCUT2D eigenvalue weighted by molar-refractivity contribution is 5.12. The third-order valence-corrected chi connectivity index (χ3v) is 1.63. The topological polar surface area (TPSA) is 71.8 Å². The van der Waals surface area contributed by atoms with Crippen LogP contribution in [-0.4, -0.2) is 16.0 Å². The molecule has 0 saturated heterocycles. The van der Waals surface area contributed by atoms with E-state index in [-0.39, 0.29) is 18.2 Å². The highest BCUT2D eigenvalue weighted by atomic mass is 19.4. The van der Waals surface area contributed by atoms with E-state index >= 15 is 0 Å². The van der Waals surface area contributed by atoms with Crippen molar-refractivity contribution in [3.05, 3.63) is 27.9 Å². The molecule has 0 fully saturated rings. The van der Waals surface area contributed by atoms with Gasteiger partial charge in [0.15, 0.2) is 5.69 Å². The second kappa shape index (κ2) is 4.01. The Morgan fingerprint density at radius 2 is 2.20 bits per heavy atom. The van der Waals surface area contributed by atoms with Gasteiger partial charge in [-0.1, -0.05) is 0 Å². The molecule has 0 aliphatic heterocycles. The van der Waals surface area contributed by atoms with E-state index in [1.165, 1.54) is 0 Å². The van der Waals surface area contributed by atoms with E-state index in [0.29, 0.717) is 0 Å². The summed E-state index contributed by atoms with van der Waals surface area (Å²) in [6, 6.07) is 0.467. The van der Waals surface area contributed by atoms with Crippen molar-refractivity contribution < 1.29 is 13.2 Å². The van der Waals surface area contributed by atoms with E-state index < -0.39 is 17.6 Å². The van der Waals surface area contributed by atoms with E-state index in [9.17, 15) is 18.0 Å². The minimum Gasteiger partial charge on any atom is -0.328 e. The highest BCUT2D eigenvalue weighted by Gasteiger charge is 2.33. The maximum Gasteiger partial charge on any atom is 0.433 e. The third-order valence-electron chi connectivity index (χ3n) is 1.63. The lowest BCUT2D eigenvalue weighted by atomic mass is 10.2. The number of nitrogens with one attached hydrogen (secondary N) is 1. The number of rotatable bonds is 2. The van der Waals surface area contributed by atoms with Crippen molar-refractivity contribution in [2.45, 2.75) is 25.6 Å². The van der Waals surface area contributed by atoms with Gasteiger partial charge in [0.1, 0.15) is 0 Å². The van der Waals surface area contributed by atoms with Crippen LogP contribution < -0.4 is 11.4 Å². The number of H-pyrrole nitrogens is 1. The Balaban J connectivity index is 3.11. The summed E-state index contributed by atoms with van der Waals surface area (Å²) in [5.74, 6) is 0. The molecule has 1 heterocycles. The SMILES string of the molecule is CC(N)Cc1cc(C(F)(F)F)nc(=O)[nH]1. The van der Waals surface area contributed by atoms with Gasteiger partial charge >= 0.3 is 11.9 Å². The molecule has 1 rings (SSSR count). The first kappa shape index (κ1) is 11.7. The Morgan fingerprint density at radius 3 is 2.67 bits per heavy atom. The lowest BCUT2D eigenvalue weighted by Crippen LogP contribution is -2.24. The van der Waals surface area contributed by atoms with Gasteiger partial charge < -0.3 is 10.7 Å². The smallest absolute Gasteiger partial charge is 0.328 e. The molecule has 1 atom stereocenters. The molecule has 0 bridgehead atoms. The fraction of sp³-hybridized carbons (Fsp3) is 0.500. The second-order valence-corrected chi connectivity index (χ2v) is 3.28. The summed E-state index contributed by atoms with van der Waals surface area (Å²) in [6.45, 7) is 1.63. The number of nitrogens with zero attached hydrogens (tertiary/aromatic N) is 1. The Labute approximate surface area is 83.3 Å². The summed E-state index contributed by atoms with van der Waals surface area (Å²) in [5, 5.41) is 0.